The maximum absolute atomic E-state index is 12.7. The molecule has 178 valence electrons. The molecule has 1 fully saturated rings. The number of nitrogens with zero attached hydrogens (tertiary/aromatic N) is 4. The van der Waals surface area contributed by atoms with Crippen molar-refractivity contribution in [3.8, 4) is 17.1 Å². The van der Waals surface area contributed by atoms with Crippen molar-refractivity contribution in [2.45, 2.75) is 46.2 Å². The van der Waals surface area contributed by atoms with Crippen molar-refractivity contribution in [2.24, 2.45) is 0 Å². The van der Waals surface area contributed by atoms with Crippen molar-refractivity contribution in [2.75, 3.05) is 26.7 Å². The van der Waals surface area contributed by atoms with Gasteiger partial charge >= 0.3 is 6.01 Å². The molecule has 0 saturated carbocycles. The van der Waals surface area contributed by atoms with E-state index in [-0.39, 0.29) is 24.6 Å². The Labute approximate surface area is 202 Å². The van der Waals surface area contributed by atoms with Gasteiger partial charge in [0.2, 0.25) is 0 Å². The minimum absolute atomic E-state index is 0.0329. The summed E-state index contributed by atoms with van der Waals surface area (Å²) in [6.07, 6.45) is 1.92. The zero-order valence-corrected chi connectivity index (χ0v) is 20.6. The Bertz CT molecular complexity index is 1080. The first-order valence-electron chi connectivity index (χ1n) is 12.0. The molecule has 0 unspecified atom stereocenters. The van der Waals surface area contributed by atoms with E-state index in [1.54, 1.807) is 0 Å². The van der Waals surface area contributed by atoms with Crippen molar-refractivity contribution < 1.29 is 9.53 Å². The quantitative estimate of drug-likeness (QED) is 0.519. The molecular weight excluding hydrogens is 424 g/mol. The number of benzene rings is 2. The lowest BCUT2D eigenvalue weighted by Crippen LogP contribution is -2.46. The molecule has 0 radical (unpaired) electrons. The highest BCUT2D eigenvalue weighted by molar-refractivity contribution is 5.77. The molecule has 0 N–H and O–H groups in total. The third-order valence-corrected chi connectivity index (χ3v) is 6.90. The third kappa shape index (κ3) is 5.81. The Morgan fingerprint density at radius 1 is 0.941 bits per heavy atom. The van der Waals surface area contributed by atoms with Gasteiger partial charge in [0, 0.05) is 44.1 Å². The zero-order chi connectivity index (χ0) is 24.1. The lowest BCUT2D eigenvalue weighted by molar-refractivity contribution is -0.135. The molecule has 0 bridgehead atoms. The number of likely N-dealkylation sites (N-methyl/N-ethyl adjacent to an activating group) is 1. The summed E-state index contributed by atoms with van der Waals surface area (Å²) >= 11 is 0. The second-order valence-electron chi connectivity index (χ2n) is 9.17. The normalized spacial score (nSPS) is 14.7. The number of carbonyl (C=O) groups is 1. The number of amides is 1. The van der Waals surface area contributed by atoms with Crippen molar-refractivity contribution >= 4 is 5.91 Å². The molecule has 6 nitrogen and oxygen atoms in total. The molecule has 2 aromatic carbocycles. The Kier molecular flexibility index (Phi) is 7.58. The number of aromatic nitrogens is 2. The van der Waals surface area contributed by atoms with Gasteiger partial charge in [-0.15, -0.1) is 0 Å². The first-order valence-corrected chi connectivity index (χ1v) is 12.0. The van der Waals surface area contributed by atoms with Crippen LogP contribution in [0.25, 0.3) is 11.1 Å². The van der Waals surface area contributed by atoms with Gasteiger partial charge < -0.3 is 9.64 Å². The number of hydrogen-bond acceptors (Lipinski definition) is 5. The predicted molar refractivity (Wildman–Crippen MR) is 135 cm³/mol. The third-order valence-electron chi connectivity index (χ3n) is 6.90. The molecule has 4 rings (SSSR count). The first kappa shape index (κ1) is 23.9. The van der Waals surface area contributed by atoms with Gasteiger partial charge in [-0.2, -0.15) is 0 Å². The standard InChI is InChI=1S/C28H34N4O2/c1-20-21(2)29-28(30-22(20)3)34-19-27(33)31(4)26-14-16-32(17-15-26)18-23-10-12-25(13-11-23)24-8-6-5-7-9-24/h5-13,26H,14-19H2,1-4H3. The summed E-state index contributed by atoms with van der Waals surface area (Å²) in [7, 11) is 1.88. The summed E-state index contributed by atoms with van der Waals surface area (Å²) in [5.74, 6) is -0.0329. The highest BCUT2D eigenvalue weighted by Gasteiger charge is 2.26. The lowest BCUT2D eigenvalue weighted by atomic mass is 10.0. The monoisotopic (exact) mass is 458 g/mol. The van der Waals surface area contributed by atoms with E-state index < -0.39 is 0 Å². The highest BCUT2D eigenvalue weighted by Crippen LogP contribution is 2.22. The Morgan fingerprint density at radius 2 is 1.53 bits per heavy atom. The van der Waals surface area contributed by atoms with Crippen molar-refractivity contribution in [1.29, 1.82) is 0 Å². The van der Waals surface area contributed by atoms with Crippen LogP contribution in [-0.2, 0) is 11.3 Å². The molecule has 1 saturated heterocycles. The van der Waals surface area contributed by atoms with Crippen LogP contribution in [-0.4, -0.2) is 58.5 Å². The van der Waals surface area contributed by atoms with Gasteiger partial charge in [0.15, 0.2) is 6.61 Å². The largest absolute Gasteiger partial charge is 0.453 e. The first-order chi connectivity index (χ1) is 16.4. The minimum atomic E-state index is -0.0353. The van der Waals surface area contributed by atoms with Gasteiger partial charge in [-0.3, -0.25) is 9.69 Å². The Hall–Kier alpha value is -3.25. The number of ether oxygens (including phenoxy) is 1. The van der Waals surface area contributed by atoms with E-state index in [1.165, 1.54) is 16.7 Å². The molecule has 0 atom stereocenters. The zero-order valence-electron chi connectivity index (χ0n) is 20.6. The SMILES string of the molecule is Cc1nc(OCC(=O)N(C)C2CCN(Cc3ccc(-c4ccccc4)cc3)CC2)nc(C)c1C. The van der Waals surface area contributed by atoms with Crippen LogP contribution in [0, 0.1) is 20.8 Å². The molecule has 0 aliphatic carbocycles. The number of aryl methyl sites for hydroxylation is 2. The highest BCUT2D eigenvalue weighted by atomic mass is 16.5. The van der Waals surface area contributed by atoms with Crippen molar-refractivity contribution in [1.82, 2.24) is 19.8 Å². The maximum atomic E-state index is 12.7. The van der Waals surface area contributed by atoms with Crippen LogP contribution < -0.4 is 4.74 Å². The lowest BCUT2D eigenvalue weighted by Gasteiger charge is -2.36. The fourth-order valence-electron chi connectivity index (χ4n) is 4.39. The molecule has 6 heteroatoms. The molecule has 0 spiro atoms. The van der Waals surface area contributed by atoms with Gasteiger partial charge in [-0.05, 0) is 55.9 Å². The number of rotatable bonds is 7. The van der Waals surface area contributed by atoms with Crippen LogP contribution in [0.3, 0.4) is 0 Å². The van der Waals surface area contributed by atoms with E-state index in [9.17, 15) is 4.79 Å². The van der Waals surface area contributed by atoms with Crippen LogP contribution in [0.15, 0.2) is 54.6 Å². The fraction of sp³-hybridized carbons (Fsp3) is 0.393. The van der Waals surface area contributed by atoms with Gasteiger partial charge in [0.1, 0.15) is 0 Å². The Balaban J connectivity index is 1.24. The average molecular weight is 459 g/mol. The molecule has 3 aromatic rings. The molecule has 2 heterocycles. The molecule has 1 aliphatic heterocycles. The van der Waals surface area contributed by atoms with Crippen LogP contribution in [0.1, 0.15) is 35.4 Å². The van der Waals surface area contributed by atoms with Crippen LogP contribution in [0.2, 0.25) is 0 Å². The number of carbonyl (C=O) groups excluding carboxylic acids is 1. The summed E-state index contributed by atoms with van der Waals surface area (Å²) < 4.78 is 5.61. The van der Waals surface area contributed by atoms with E-state index in [0.29, 0.717) is 0 Å². The van der Waals surface area contributed by atoms with Crippen LogP contribution in [0.5, 0.6) is 6.01 Å². The van der Waals surface area contributed by atoms with Gasteiger partial charge in [-0.25, -0.2) is 9.97 Å². The van der Waals surface area contributed by atoms with E-state index in [2.05, 4.69) is 63.4 Å². The van der Waals surface area contributed by atoms with Gasteiger partial charge in [0.25, 0.3) is 5.91 Å². The molecular formula is C28H34N4O2. The molecule has 1 amide bonds. The number of piperidine rings is 1. The predicted octanol–water partition coefficient (Wildman–Crippen LogP) is 4.57. The van der Waals surface area contributed by atoms with E-state index in [1.807, 2.05) is 38.8 Å². The Morgan fingerprint density at radius 3 is 2.15 bits per heavy atom. The van der Waals surface area contributed by atoms with Gasteiger partial charge in [-0.1, -0.05) is 54.6 Å². The van der Waals surface area contributed by atoms with Crippen molar-refractivity contribution in [3.05, 3.63) is 77.1 Å². The summed E-state index contributed by atoms with van der Waals surface area (Å²) in [5, 5.41) is 0. The summed E-state index contributed by atoms with van der Waals surface area (Å²) in [6, 6.07) is 19.8. The molecule has 34 heavy (non-hydrogen) atoms. The average Bonchev–Trinajstić information content (AvgIpc) is 2.86. The second kappa shape index (κ2) is 10.8. The molecule has 1 aromatic heterocycles. The number of likely N-dealkylation sites (tertiary alicyclic amines) is 1. The van der Waals surface area contributed by atoms with Crippen LogP contribution in [0.4, 0.5) is 0 Å². The van der Waals surface area contributed by atoms with E-state index in [4.69, 9.17) is 4.74 Å². The van der Waals surface area contributed by atoms with Crippen LogP contribution >= 0.6 is 0 Å². The summed E-state index contributed by atoms with van der Waals surface area (Å²) in [5.41, 5.74) is 6.61. The van der Waals surface area contributed by atoms with E-state index >= 15 is 0 Å². The topological polar surface area (TPSA) is 58.6 Å². The summed E-state index contributed by atoms with van der Waals surface area (Å²) in [6.45, 7) is 8.69. The van der Waals surface area contributed by atoms with E-state index in [0.717, 1.165) is 49.4 Å². The second-order valence-corrected chi connectivity index (χ2v) is 9.17. The maximum Gasteiger partial charge on any atom is 0.317 e. The van der Waals surface area contributed by atoms with Crippen molar-refractivity contribution in [3.63, 3.8) is 0 Å². The minimum Gasteiger partial charge on any atom is -0.453 e. The smallest absolute Gasteiger partial charge is 0.317 e. The number of hydrogen-bond donors (Lipinski definition) is 0. The molecule has 1 aliphatic rings. The van der Waals surface area contributed by atoms with Gasteiger partial charge in [0.05, 0.1) is 0 Å². The summed E-state index contributed by atoms with van der Waals surface area (Å²) in [4.78, 5) is 25.7. The fourth-order valence-corrected chi connectivity index (χ4v) is 4.39.